The molecule has 2 saturated heterocycles. The fourth-order valence-electron chi connectivity index (χ4n) is 6.56. The number of benzene rings is 3. The Morgan fingerprint density at radius 3 is 2.45 bits per heavy atom. The highest BCUT2D eigenvalue weighted by molar-refractivity contribution is 6.41. The maximum absolute atomic E-state index is 14.6. The van der Waals surface area contributed by atoms with Gasteiger partial charge in [-0.05, 0) is 55.3 Å². The minimum atomic E-state index is -1.12. The average Bonchev–Trinajstić information content (AvgIpc) is 3.30. The zero-order valence-electron chi connectivity index (χ0n) is 23.8. The third-order valence-electron chi connectivity index (χ3n) is 8.63. The molecule has 4 aliphatic rings. The van der Waals surface area contributed by atoms with E-state index in [-0.39, 0.29) is 58.1 Å². The summed E-state index contributed by atoms with van der Waals surface area (Å²) in [5.74, 6) is -1.91. The fraction of sp³-hybridized carbons (Fsp3) is 0.303. The molecule has 3 aliphatic heterocycles. The molecule has 0 unspecified atom stereocenters. The second kappa shape index (κ2) is 10.2. The van der Waals surface area contributed by atoms with E-state index in [9.17, 15) is 34.8 Å². The van der Waals surface area contributed by atoms with E-state index in [4.69, 9.17) is 14.2 Å². The van der Waals surface area contributed by atoms with Crippen LogP contribution >= 0.6 is 0 Å². The maximum Gasteiger partial charge on any atom is 0.331 e. The maximum atomic E-state index is 14.6. The number of carbonyl (C=O) groups excluding carboxylic acids is 3. The van der Waals surface area contributed by atoms with Gasteiger partial charge < -0.3 is 39.5 Å². The van der Waals surface area contributed by atoms with Crippen LogP contribution in [0.3, 0.4) is 0 Å². The lowest BCUT2D eigenvalue weighted by Gasteiger charge is -2.39. The summed E-state index contributed by atoms with van der Waals surface area (Å²) in [6.07, 6.45) is -5.04. The lowest BCUT2D eigenvalue weighted by molar-refractivity contribution is -0.216. The molecule has 4 N–H and O–H groups in total. The van der Waals surface area contributed by atoms with Gasteiger partial charge in [-0.15, -0.1) is 0 Å². The minimum Gasteiger partial charge on any atom is -0.508 e. The van der Waals surface area contributed by atoms with E-state index in [0.29, 0.717) is 16.7 Å². The Morgan fingerprint density at radius 1 is 0.977 bits per heavy atom. The third-order valence-corrected chi connectivity index (χ3v) is 8.63. The van der Waals surface area contributed by atoms with Crippen LogP contribution in [0.15, 0.2) is 60.3 Å². The lowest BCUT2D eigenvalue weighted by Crippen LogP contribution is -2.48. The van der Waals surface area contributed by atoms with Gasteiger partial charge in [0.2, 0.25) is 18.3 Å². The van der Waals surface area contributed by atoms with Crippen molar-refractivity contribution in [1.29, 1.82) is 0 Å². The Bertz CT molecular complexity index is 1750. The van der Waals surface area contributed by atoms with Crippen molar-refractivity contribution >= 4 is 23.1 Å². The van der Waals surface area contributed by atoms with Gasteiger partial charge in [0.15, 0.2) is 5.78 Å². The number of aliphatic hydroxyl groups is 2. The second-order valence-corrected chi connectivity index (χ2v) is 11.6. The Morgan fingerprint density at radius 2 is 1.73 bits per heavy atom. The van der Waals surface area contributed by atoms with Crippen LogP contribution in [0.5, 0.6) is 17.2 Å². The first-order valence-corrected chi connectivity index (χ1v) is 14.3. The molecule has 11 nitrogen and oxygen atoms in total. The van der Waals surface area contributed by atoms with Crippen LogP contribution in [0.2, 0.25) is 0 Å². The average molecular weight is 600 g/mol. The summed E-state index contributed by atoms with van der Waals surface area (Å²) < 4.78 is 17.6. The third kappa shape index (κ3) is 4.27. The Balaban J connectivity index is 1.37. The summed E-state index contributed by atoms with van der Waals surface area (Å²) in [7, 11) is 0. The summed E-state index contributed by atoms with van der Waals surface area (Å²) in [4.78, 5) is 43.8. The number of aliphatic hydroxyl groups excluding tert-OH is 2. The number of rotatable bonds is 4. The number of hydrogen-bond acceptors (Lipinski definition) is 11. The van der Waals surface area contributed by atoms with Crippen LogP contribution < -0.4 is 4.74 Å². The number of fused-ring (bicyclic) bond motifs is 6. The Kier molecular flexibility index (Phi) is 6.50. The molecule has 11 heteroatoms. The van der Waals surface area contributed by atoms with Crippen molar-refractivity contribution in [2.24, 2.45) is 0 Å². The van der Waals surface area contributed by atoms with Gasteiger partial charge >= 0.3 is 5.97 Å². The van der Waals surface area contributed by atoms with Gasteiger partial charge in [0.1, 0.15) is 35.1 Å². The molecule has 7 rings (SSSR count). The molecule has 0 amide bonds. The van der Waals surface area contributed by atoms with E-state index in [2.05, 4.69) is 0 Å². The van der Waals surface area contributed by atoms with Crippen molar-refractivity contribution in [1.82, 2.24) is 4.90 Å². The summed E-state index contributed by atoms with van der Waals surface area (Å²) in [5.41, 5.74) is 1.72. The first-order chi connectivity index (χ1) is 21.0. The van der Waals surface area contributed by atoms with Crippen LogP contribution in [0.25, 0.3) is 5.57 Å². The Hall–Kier alpha value is -4.71. The van der Waals surface area contributed by atoms with Gasteiger partial charge in [0.25, 0.3) is 0 Å². The summed E-state index contributed by atoms with van der Waals surface area (Å²) in [5, 5.41) is 41.2. The highest BCUT2D eigenvalue weighted by Gasteiger charge is 2.54. The zero-order valence-corrected chi connectivity index (χ0v) is 23.8. The molecule has 2 fully saturated rings. The molecule has 3 heterocycles. The predicted molar refractivity (Wildman–Crippen MR) is 153 cm³/mol. The number of esters is 1. The molecule has 1 aliphatic carbocycles. The van der Waals surface area contributed by atoms with Gasteiger partial charge in [-0.3, -0.25) is 9.59 Å². The number of ketones is 2. The molecule has 3 aromatic rings. The first-order valence-electron chi connectivity index (χ1n) is 14.3. The lowest BCUT2D eigenvalue weighted by atomic mass is 9.78. The molecule has 0 radical (unpaired) electrons. The van der Waals surface area contributed by atoms with Crippen molar-refractivity contribution in [2.45, 2.75) is 63.6 Å². The van der Waals surface area contributed by atoms with Gasteiger partial charge in [-0.25, -0.2) is 4.79 Å². The van der Waals surface area contributed by atoms with E-state index >= 15 is 0 Å². The van der Waals surface area contributed by atoms with Crippen molar-refractivity contribution in [3.63, 3.8) is 0 Å². The number of phenols is 2. The molecule has 6 atom stereocenters. The van der Waals surface area contributed by atoms with Crippen molar-refractivity contribution in [2.75, 3.05) is 0 Å². The number of nitrogens with zero attached hydrogens (tertiary/aromatic N) is 1. The van der Waals surface area contributed by atoms with E-state index < -0.39 is 54.4 Å². The van der Waals surface area contributed by atoms with E-state index in [1.807, 2.05) is 0 Å². The zero-order chi connectivity index (χ0) is 31.0. The monoisotopic (exact) mass is 599 g/mol. The van der Waals surface area contributed by atoms with Gasteiger partial charge in [-0.2, -0.15) is 0 Å². The standard InChI is InChI=1S/C33H29NO10/c1-14-10-19-25(21(36)11-14)27-28(34-20(33(41)44-32(19)34)12-16-6-8-17(35)9-7-16)31(40)26-18(30(27)39)4-3-5-23(26)43-24-13-22(37)29(38)15(2)42-24/h3-11,15,20,22,24,29,32,35-38H,12-13H2,1-2H3/t15-,20-,22+,24-,29-,32-/m0/s1. The smallest absolute Gasteiger partial charge is 0.331 e. The fourth-order valence-corrected chi connectivity index (χ4v) is 6.56. The normalized spacial score (nSPS) is 27.4. The summed E-state index contributed by atoms with van der Waals surface area (Å²) in [6, 6.07) is 13.1. The topological polar surface area (TPSA) is 163 Å². The van der Waals surface area contributed by atoms with Gasteiger partial charge in [-0.1, -0.05) is 24.3 Å². The number of aryl methyl sites for hydroxylation is 1. The summed E-state index contributed by atoms with van der Waals surface area (Å²) >= 11 is 0. The molecule has 226 valence electrons. The number of carbonyl (C=O) groups is 3. The van der Waals surface area contributed by atoms with Crippen molar-refractivity contribution < 1.29 is 49.0 Å². The van der Waals surface area contributed by atoms with Gasteiger partial charge in [0.05, 0.1) is 23.3 Å². The largest absolute Gasteiger partial charge is 0.508 e. The van der Waals surface area contributed by atoms with E-state index in [1.54, 1.807) is 38.1 Å². The second-order valence-electron chi connectivity index (χ2n) is 11.6. The van der Waals surface area contributed by atoms with E-state index in [0.717, 1.165) is 0 Å². The van der Waals surface area contributed by atoms with Crippen molar-refractivity contribution in [3.8, 4) is 17.2 Å². The van der Waals surface area contributed by atoms with Crippen LogP contribution in [0, 0.1) is 6.92 Å². The quantitative estimate of drug-likeness (QED) is 0.326. The van der Waals surface area contributed by atoms with Crippen LogP contribution in [-0.4, -0.2) is 73.5 Å². The molecule has 0 aromatic heterocycles. The number of aromatic hydroxyl groups is 2. The van der Waals surface area contributed by atoms with E-state index in [1.165, 1.54) is 35.2 Å². The van der Waals surface area contributed by atoms with Crippen molar-refractivity contribution in [3.05, 3.63) is 93.7 Å². The molecular weight excluding hydrogens is 570 g/mol. The molecule has 44 heavy (non-hydrogen) atoms. The van der Waals surface area contributed by atoms with Crippen LogP contribution in [0.4, 0.5) is 0 Å². The van der Waals surface area contributed by atoms with Gasteiger partial charge in [0, 0.05) is 29.5 Å². The number of hydrogen-bond donors (Lipinski definition) is 4. The first kappa shape index (κ1) is 28.1. The molecular formula is C33H29NO10. The highest BCUT2D eigenvalue weighted by atomic mass is 16.7. The molecule has 3 aromatic carbocycles. The number of ether oxygens (including phenoxy) is 3. The number of Topliss-reactive ketones (excluding diaryl/α,β-unsaturated/α-hetero) is 2. The van der Waals surface area contributed by atoms with Crippen LogP contribution in [0.1, 0.15) is 62.5 Å². The highest BCUT2D eigenvalue weighted by Crippen LogP contribution is 2.52. The molecule has 0 saturated carbocycles. The van der Waals surface area contributed by atoms with Crippen LogP contribution in [-0.2, 0) is 20.7 Å². The number of phenolic OH excluding ortho intramolecular Hbond substituents is 2. The molecule has 0 spiro atoms. The summed E-state index contributed by atoms with van der Waals surface area (Å²) in [6.45, 7) is 3.35. The predicted octanol–water partition coefficient (Wildman–Crippen LogP) is 2.91. The molecule has 0 bridgehead atoms. The Labute approximate surface area is 251 Å². The SMILES string of the molecule is Cc1cc(O)c2c(c1)[C@@H]1OC(=O)[C@H](Cc3ccc(O)cc3)N1C1=C2C(=O)c2cccc(O[C@H]3C[C@@H](O)[C@@H](O)[C@H](C)O3)c2C1=O. The number of allylic oxidation sites excluding steroid dienone is 2. The minimum absolute atomic E-state index is 0.0326.